The second kappa shape index (κ2) is 4.77. The van der Waals surface area contributed by atoms with E-state index in [0.29, 0.717) is 11.8 Å². The summed E-state index contributed by atoms with van der Waals surface area (Å²) in [5.74, 6) is 0.854. The van der Waals surface area contributed by atoms with Crippen molar-refractivity contribution in [2.45, 2.75) is 31.7 Å². The normalized spacial score (nSPS) is 18.1. The van der Waals surface area contributed by atoms with E-state index in [1.54, 1.807) is 0 Å². The van der Waals surface area contributed by atoms with Crippen molar-refractivity contribution >= 4 is 17.3 Å². The Morgan fingerprint density at radius 3 is 2.40 bits per heavy atom. The first kappa shape index (κ1) is 12.9. The summed E-state index contributed by atoms with van der Waals surface area (Å²) in [4.78, 5) is 22.6. The minimum atomic E-state index is -0.564. The number of nitrogens with one attached hydrogen (secondary N) is 1. The third kappa shape index (κ3) is 2.45. The van der Waals surface area contributed by atoms with Crippen LogP contribution in [0.2, 0.25) is 0 Å². The van der Waals surface area contributed by atoms with Gasteiger partial charge in [-0.3, -0.25) is 14.9 Å². The Labute approximate surface area is 116 Å². The number of hydrogen-bond acceptors (Lipinski definition) is 4. The summed E-state index contributed by atoms with van der Waals surface area (Å²) in [6.45, 7) is 0. The quantitative estimate of drug-likeness (QED) is 0.488. The average Bonchev–Trinajstić information content (AvgIpc) is 3.28. The summed E-state index contributed by atoms with van der Waals surface area (Å²) in [6, 6.07) is 4.55. The van der Waals surface area contributed by atoms with Crippen LogP contribution >= 0.6 is 0 Å². The number of benzene rings is 1. The molecule has 0 saturated heterocycles. The van der Waals surface area contributed by atoms with Crippen LogP contribution in [-0.2, 0) is 0 Å². The Morgan fingerprint density at radius 2 is 1.90 bits per heavy atom. The van der Waals surface area contributed by atoms with Crippen molar-refractivity contribution in [3.8, 4) is 0 Å². The fourth-order valence-corrected chi connectivity index (χ4v) is 2.67. The number of nitrogens with two attached hydrogens (primary N) is 1. The number of para-hydroxylation sites is 1. The van der Waals surface area contributed by atoms with Crippen LogP contribution in [0.25, 0.3) is 0 Å². The Bertz CT molecular complexity index is 553. The molecule has 3 N–H and O–H groups in total. The van der Waals surface area contributed by atoms with Gasteiger partial charge in [-0.05, 0) is 43.6 Å². The predicted molar refractivity (Wildman–Crippen MR) is 74.2 cm³/mol. The monoisotopic (exact) mass is 275 g/mol. The van der Waals surface area contributed by atoms with E-state index in [2.05, 4.69) is 5.32 Å². The molecule has 106 valence electrons. The molecule has 0 aromatic heterocycles. The summed E-state index contributed by atoms with van der Waals surface area (Å²) < 4.78 is 0. The van der Waals surface area contributed by atoms with Gasteiger partial charge in [0.15, 0.2) is 0 Å². The summed E-state index contributed by atoms with van der Waals surface area (Å²) in [7, 11) is 0. The Balaban J connectivity index is 1.79. The minimum Gasteiger partial charge on any atom is -0.393 e. The van der Waals surface area contributed by atoms with Gasteiger partial charge < -0.3 is 11.1 Å². The van der Waals surface area contributed by atoms with E-state index in [4.69, 9.17) is 5.73 Å². The second-order valence-corrected chi connectivity index (χ2v) is 5.67. The highest BCUT2D eigenvalue weighted by Crippen LogP contribution is 2.44. The zero-order chi connectivity index (χ0) is 14.3. The van der Waals surface area contributed by atoms with E-state index < -0.39 is 4.92 Å². The lowest BCUT2D eigenvalue weighted by Crippen LogP contribution is -2.38. The molecule has 0 spiro atoms. The molecule has 1 aromatic rings. The van der Waals surface area contributed by atoms with Crippen LogP contribution in [0.15, 0.2) is 18.2 Å². The van der Waals surface area contributed by atoms with Crippen molar-refractivity contribution in [3.63, 3.8) is 0 Å². The van der Waals surface area contributed by atoms with Crippen LogP contribution in [0, 0.1) is 22.0 Å². The fraction of sp³-hybridized carbons (Fsp3) is 0.500. The van der Waals surface area contributed by atoms with E-state index in [0.717, 1.165) is 25.7 Å². The Kier molecular flexibility index (Phi) is 3.08. The lowest BCUT2D eigenvalue weighted by molar-refractivity contribution is -0.383. The maximum Gasteiger partial charge on any atom is 0.292 e. The van der Waals surface area contributed by atoms with Gasteiger partial charge in [0.2, 0.25) is 0 Å². The van der Waals surface area contributed by atoms with Crippen LogP contribution in [0.4, 0.5) is 11.4 Å². The van der Waals surface area contributed by atoms with Gasteiger partial charge in [-0.2, -0.15) is 0 Å². The van der Waals surface area contributed by atoms with Gasteiger partial charge in [0.1, 0.15) is 5.69 Å². The maximum atomic E-state index is 12.3. The first-order chi connectivity index (χ1) is 9.58. The van der Waals surface area contributed by atoms with Crippen LogP contribution in [0.3, 0.4) is 0 Å². The van der Waals surface area contributed by atoms with Crippen molar-refractivity contribution in [2.75, 3.05) is 5.73 Å². The van der Waals surface area contributed by atoms with Crippen LogP contribution in [0.5, 0.6) is 0 Å². The molecule has 0 aliphatic heterocycles. The number of amides is 1. The third-order valence-electron chi connectivity index (χ3n) is 4.08. The SMILES string of the molecule is Nc1c(C(=O)NC(C2CC2)C2CC2)cccc1[N+](=O)[O-]. The molecule has 0 unspecified atom stereocenters. The van der Waals surface area contributed by atoms with Gasteiger partial charge in [-0.15, -0.1) is 0 Å². The molecule has 0 bridgehead atoms. The van der Waals surface area contributed by atoms with E-state index in [1.807, 2.05) is 0 Å². The third-order valence-corrected chi connectivity index (χ3v) is 4.08. The number of carbonyl (C=O) groups is 1. The molecule has 1 amide bonds. The minimum absolute atomic E-state index is 0.0552. The van der Waals surface area contributed by atoms with E-state index >= 15 is 0 Å². The summed E-state index contributed by atoms with van der Waals surface area (Å²) >= 11 is 0. The average molecular weight is 275 g/mol. The number of hydrogen-bond donors (Lipinski definition) is 2. The number of carbonyl (C=O) groups excluding carboxylic acids is 1. The van der Waals surface area contributed by atoms with Gasteiger partial charge >= 0.3 is 0 Å². The van der Waals surface area contributed by atoms with Gasteiger partial charge in [-0.1, -0.05) is 6.07 Å². The van der Waals surface area contributed by atoms with Crippen molar-refractivity contribution in [2.24, 2.45) is 11.8 Å². The number of nitro benzene ring substituents is 1. The zero-order valence-corrected chi connectivity index (χ0v) is 11.0. The topological polar surface area (TPSA) is 98.3 Å². The van der Waals surface area contributed by atoms with Crippen LogP contribution in [0.1, 0.15) is 36.0 Å². The molecule has 3 rings (SSSR count). The summed E-state index contributed by atoms with van der Waals surface area (Å²) in [5, 5.41) is 13.9. The fourth-order valence-electron chi connectivity index (χ4n) is 2.67. The van der Waals surface area contributed by atoms with E-state index in [-0.39, 0.29) is 28.9 Å². The highest BCUT2D eigenvalue weighted by atomic mass is 16.6. The second-order valence-electron chi connectivity index (χ2n) is 5.67. The molecule has 2 aliphatic rings. The van der Waals surface area contributed by atoms with Gasteiger partial charge in [0.25, 0.3) is 11.6 Å². The number of nitro groups is 1. The Morgan fingerprint density at radius 1 is 1.30 bits per heavy atom. The first-order valence-electron chi connectivity index (χ1n) is 6.91. The van der Waals surface area contributed by atoms with Crippen molar-refractivity contribution in [1.29, 1.82) is 0 Å². The van der Waals surface area contributed by atoms with Crippen molar-refractivity contribution < 1.29 is 9.72 Å². The Hall–Kier alpha value is -2.11. The predicted octanol–water partition coefficient (Wildman–Crippen LogP) is 2.10. The molecule has 6 heteroatoms. The molecule has 6 nitrogen and oxygen atoms in total. The molecule has 2 saturated carbocycles. The molecule has 2 fully saturated rings. The van der Waals surface area contributed by atoms with Crippen molar-refractivity contribution in [1.82, 2.24) is 5.32 Å². The highest BCUT2D eigenvalue weighted by Gasteiger charge is 2.42. The van der Waals surface area contributed by atoms with E-state index in [9.17, 15) is 14.9 Å². The lowest BCUT2D eigenvalue weighted by Gasteiger charge is -2.18. The molecule has 20 heavy (non-hydrogen) atoms. The largest absolute Gasteiger partial charge is 0.393 e. The van der Waals surface area contributed by atoms with Crippen LogP contribution < -0.4 is 11.1 Å². The number of nitrogens with zero attached hydrogens (tertiary/aromatic N) is 1. The molecular formula is C14H17N3O3. The zero-order valence-electron chi connectivity index (χ0n) is 11.0. The molecule has 0 heterocycles. The van der Waals surface area contributed by atoms with Crippen LogP contribution in [-0.4, -0.2) is 16.9 Å². The molecule has 0 atom stereocenters. The van der Waals surface area contributed by atoms with Gasteiger partial charge in [-0.25, -0.2) is 0 Å². The lowest BCUT2D eigenvalue weighted by atomic mass is 10.1. The molecule has 2 aliphatic carbocycles. The molecule has 1 aromatic carbocycles. The number of rotatable bonds is 5. The number of nitrogen functional groups attached to an aromatic ring is 1. The summed E-state index contributed by atoms with van der Waals surface area (Å²) in [5.41, 5.74) is 5.67. The smallest absolute Gasteiger partial charge is 0.292 e. The standard InChI is InChI=1S/C14H17N3O3/c15-12-10(2-1-3-11(12)17(19)20)14(18)16-13(8-4-5-8)9-6-7-9/h1-3,8-9,13H,4-7,15H2,(H,16,18). The van der Waals surface area contributed by atoms with Gasteiger partial charge in [0.05, 0.1) is 10.5 Å². The molecular weight excluding hydrogens is 258 g/mol. The summed E-state index contributed by atoms with van der Waals surface area (Å²) in [6.07, 6.45) is 4.63. The number of anilines is 1. The van der Waals surface area contributed by atoms with Crippen molar-refractivity contribution in [3.05, 3.63) is 33.9 Å². The first-order valence-corrected chi connectivity index (χ1v) is 6.91. The maximum absolute atomic E-state index is 12.3. The highest BCUT2D eigenvalue weighted by molar-refractivity contribution is 6.01. The molecule has 0 radical (unpaired) electrons. The van der Waals surface area contributed by atoms with E-state index in [1.165, 1.54) is 18.2 Å². The van der Waals surface area contributed by atoms with Gasteiger partial charge in [0, 0.05) is 12.1 Å².